The number of ether oxygens (including phenoxy) is 1. The molecule has 4 aromatic carbocycles. The average molecular weight is 474 g/mol. The Labute approximate surface area is 200 Å². The fourth-order valence-electron chi connectivity index (χ4n) is 3.47. The van der Waals surface area contributed by atoms with Gasteiger partial charge in [0, 0.05) is 13.1 Å². The Morgan fingerprint density at radius 1 is 0.706 bits per heavy atom. The van der Waals surface area contributed by atoms with E-state index in [4.69, 9.17) is 9.84 Å². The van der Waals surface area contributed by atoms with Crippen LogP contribution >= 0.6 is 0 Å². The normalized spacial score (nSPS) is 11.8. The van der Waals surface area contributed by atoms with Gasteiger partial charge in [0.05, 0.1) is 5.56 Å². The number of benzene rings is 4. The van der Waals surface area contributed by atoms with Gasteiger partial charge in [-0.2, -0.15) is 4.31 Å². The molecule has 0 saturated heterocycles. The second-order valence-corrected chi connectivity index (χ2v) is 8.65. The number of hydrogen-bond acceptors (Lipinski definition) is 3. The van der Waals surface area contributed by atoms with E-state index in [2.05, 4.69) is 0 Å². The van der Waals surface area contributed by atoms with Crippen molar-refractivity contribution >= 4 is 17.2 Å². The summed E-state index contributed by atoms with van der Waals surface area (Å²) < 4.78 is 28.8. The van der Waals surface area contributed by atoms with Crippen LogP contribution in [0.2, 0.25) is 0 Å². The van der Waals surface area contributed by atoms with Gasteiger partial charge >= 0.3 is 5.97 Å². The van der Waals surface area contributed by atoms with Crippen LogP contribution in [0.4, 0.5) is 0 Å². The summed E-state index contributed by atoms with van der Waals surface area (Å²) in [4.78, 5) is 11.0. The van der Waals surface area contributed by atoms with Crippen LogP contribution in [0.3, 0.4) is 0 Å². The molecular weight excluding hydrogens is 450 g/mol. The second kappa shape index (κ2) is 10.9. The monoisotopic (exact) mass is 473 g/mol. The molecule has 0 bridgehead atoms. The largest absolute Gasteiger partial charge is 0.478 e. The second-order valence-electron chi connectivity index (χ2n) is 7.67. The third-order valence-electron chi connectivity index (χ3n) is 5.26. The zero-order valence-electron chi connectivity index (χ0n) is 18.2. The van der Waals surface area contributed by atoms with E-state index < -0.39 is 17.2 Å². The van der Waals surface area contributed by atoms with Gasteiger partial charge in [0.1, 0.15) is 11.5 Å². The van der Waals surface area contributed by atoms with Crippen molar-refractivity contribution in [3.63, 3.8) is 0 Å². The van der Waals surface area contributed by atoms with Crippen molar-refractivity contribution in [2.75, 3.05) is 0 Å². The SMILES string of the molecule is O=C(O)c1ccc(CN(Cc2ccc(-c3ccc(Oc4ccccc4)cc3)cc2)S(=O)O)cc1. The summed E-state index contributed by atoms with van der Waals surface area (Å²) in [6, 6.07) is 31.5. The summed E-state index contributed by atoms with van der Waals surface area (Å²) in [6.45, 7) is 0.488. The minimum Gasteiger partial charge on any atom is -0.478 e. The molecule has 2 N–H and O–H groups in total. The third-order valence-corrected chi connectivity index (χ3v) is 5.96. The Morgan fingerprint density at radius 3 is 1.68 bits per heavy atom. The molecule has 4 aromatic rings. The van der Waals surface area contributed by atoms with Crippen molar-refractivity contribution in [3.05, 3.63) is 120 Å². The molecule has 0 saturated carbocycles. The van der Waals surface area contributed by atoms with E-state index in [-0.39, 0.29) is 18.7 Å². The molecule has 0 radical (unpaired) electrons. The summed E-state index contributed by atoms with van der Waals surface area (Å²) in [7, 11) is 0. The molecule has 1 atom stereocenters. The molecule has 0 amide bonds. The van der Waals surface area contributed by atoms with Crippen LogP contribution in [-0.2, 0) is 24.4 Å². The van der Waals surface area contributed by atoms with Gasteiger partial charge in [0.2, 0.25) is 11.3 Å². The molecule has 6 nitrogen and oxygen atoms in total. The Bertz CT molecular complexity index is 1260. The van der Waals surface area contributed by atoms with Crippen molar-refractivity contribution in [2.24, 2.45) is 0 Å². The lowest BCUT2D eigenvalue weighted by Gasteiger charge is -2.18. The smallest absolute Gasteiger partial charge is 0.335 e. The van der Waals surface area contributed by atoms with Gasteiger partial charge in [-0.15, -0.1) is 0 Å². The lowest BCUT2D eigenvalue weighted by atomic mass is 10.0. The number of carboxylic acid groups (broad SMARTS) is 1. The highest BCUT2D eigenvalue weighted by Crippen LogP contribution is 2.26. The molecule has 4 rings (SSSR count). The van der Waals surface area contributed by atoms with E-state index in [1.807, 2.05) is 78.9 Å². The molecule has 7 heteroatoms. The number of carboxylic acids is 1. The minimum absolute atomic E-state index is 0.177. The first kappa shape index (κ1) is 23.4. The van der Waals surface area contributed by atoms with Gasteiger partial charge in [0.15, 0.2) is 0 Å². The van der Waals surface area contributed by atoms with Crippen LogP contribution in [0, 0.1) is 0 Å². The molecule has 0 aliphatic rings. The first-order valence-electron chi connectivity index (χ1n) is 10.6. The van der Waals surface area contributed by atoms with Gasteiger partial charge < -0.3 is 9.84 Å². The van der Waals surface area contributed by atoms with Crippen molar-refractivity contribution in [3.8, 4) is 22.6 Å². The van der Waals surface area contributed by atoms with Crippen LogP contribution in [0.5, 0.6) is 11.5 Å². The van der Waals surface area contributed by atoms with E-state index in [1.165, 1.54) is 16.4 Å². The van der Waals surface area contributed by atoms with Gasteiger partial charge in [-0.1, -0.05) is 66.7 Å². The summed E-state index contributed by atoms with van der Waals surface area (Å²) in [6.07, 6.45) is 0. The number of para-hydroxylation sites is 1. The highest BCUT2D eigenvalue weighted by atomic mass is 32.2. The average Bonchev–Trinajstić information content (AvgIpc) is 2.85. The maximum Gasteiger partial charge on any atom is 0.335 e. The zero-order chi connectivity index (χ0) is 23.9. The minimum atomic E-state index is -2.18. The van der Waals surface area contributed by atoms with Crippen LogP contribution in [-0.4, -0.2) is 24.1 Å². The molecular formula is C27H23NO5S. The Hall–Kier alpha value is -3.78. The first-order valence-corrected chi connectivity index (χ1v) is 11.6. The summed E-state index contributed by atoms with van der Waals surface area (Å²) in [5.41, 5.74) is 3.87. The fourth-order valence-corrected chi connectivity index (χ4v) is 3.99. The lowest BCUT2D eigenvalue weighted by Crippen LogP contribution is -2.24. The molecule has 0 fully saturated rings. The van der Waals surface area contributed by atoms with Gasteiger partial charge in [-0.3, -0.25) is 4.55 Å². The number of rotatable bonds is 9. The summed E-state index contributed by atoms with van der Waals surface area (Å²) in [5.74, 6) is 0.528. The molecule has 0 aliphatic carbocycles. The number of hydrogen-bond donors (Lipinski definition) is 2. The zero-order valence-corrected chi connectivity index (χ0v) is 19.0. The fraction of sp³-hybridized carbons (Fsp3) is 0.0741. The Balaban J connectivity index is 1.40. The van der Waals surface area contributed by atoms with Crippen molar-refractivity contribution in [1.82, 2.24) is 4.31 Å². The van der Waals surface area contributed by atoms with Crippen LogP contribution in [0.15, 0.2) is 103 Å². The molecule has 1 unspecified atom stereocenters. The van der Waals surface area contributed by atoms with Gasteiger partial charge in [-0.25, -0.2) is 9.00 Å². The van der Waals surface area contributed by atoms with Crippen molar-refractivity contribution in [2.45, 2.75) is 13.1 Å². The van der Waals surface area contributed by atoms with E-state index in [9.17, 15) is 13.6 Å². The predicted molar refractivity (Wildman–Crippen MR) is 132 cm³/mol. The quantitative estimate of drug-likeness (QED) is 0.292. The molecule has 0 heterocycles. The lowest BCUT2D eigenvalue weighted by molar-refractivity contribution is 0.0697. The van der Waals surface area contributed by atoms with E-state index in [1.54, 1.807) is 12.1 Å². The van der Waals surface area contributed by atoms with Gasteiger partial charge in [-0.05, 0) is 58.7 Å². The molecule has 0 spiro atoms. The number of carbonyl (C=O) groups is 1. The molecule has 172 valence electrons. The summed E-state index contributed by atoms with van der Waals surface area (Å²) >= 11 is -2.18. The topological polar surface area (TPSA) is 87.1 Å². The van der Waals surface area contributed by atoms with Crippen LogP contribution in [0.1, 0.15) is 21.5 Å². The summed E-state index contributed by atoms with van der Waals surface area (Å²) in [5, 5.41) is 9.01. The third kappa shape index (κ3) is 6.17. The van der Waals surface area contributed by atoms with Crippen molar-refractivity contribution in [1.29, 1.82) is 0 Å². The Morgan fingerprint density at radius 2 is 1.18 bits per heavy atom. The standard InChI is InChI=1S/C27H23NO5S/c29-27(30)24-12-8-21(9-13-24)19-28(34(31)32)18-20-6-10-22(11-7-20)23-14-16-26(17-15-23)33-25-4-2-1-3-5-25/h1-17H,18-19H2,(H,29,30)(H,31,32). The van der Waals surface area contributed by atoms with E-state index in [0.29, 0.717) is 0 Å². The molecule has 0 aliphatic heterocycles. The van der Waals surface area contributed by atoms with Gasteiger partial charge in [0.25, 0.3) is 0 Å². The Kier molecular flexibility index (Phi) is 7.49. The van der Waals surface area contributed by atoms with Crippen molar-refractivity contribution < 1.29 is 23.4 Å². The predicted octanol–water partition coefficient (Wildman–Crippen LogP) is 5.98. The van der Waals surface area contributed by atoms with E-state index >= 15 is 0 Å². The number of nitrogens with zero attached hydrogens (tertiary/aromatic N) is 1. The molecule has 34 heavy (non-hydrogen) atoms. The first-order chi connectivity index (χ1) is 16.5. The number of aromatic carboxylic acids is 1. The van der Waals surface area contributed by atoms with E-state index in [0.717, 1.165) is 33.8 Å². The maximum absolute atomic E-state index is 11.9. The highest BCUT2D eigenvalue weighted by molar-refractivity contribution is 7.76. The molecule has 0 aromatic heterocycles. The van der Waals surface area contributed by atoms with Crippen LogP contribution in [0.25, 0.3) is 11.1 Å². The highest BCUT2D eigenvalue weighted by Gasteiger charge is 2.13. The maximum atomic E-state index is 11.9. The van der Waals surface area contributed by atoms with Crippen LogP contribution < -0.4 is 4.74 Å².